The first-order chi connectivity index (χ1) is 7.16. The first-order valence-corrected chi connectivity index (χ1v) is 4.64. The third-order valence-electron chi connectivity index (χ3n) is 2.17. The minimum Gasteiger partial charge on any atom is -0.368 e. The molecule has 0 bridgehead atoms. The van der Waals surface area contributed by atoms with Crippen molar-refractivity contribution in [1.29, 1.82) is 0 Å². The molecule has 0 radical (unpaired) electrons. The number of rotatable bonds is 4. The normalized spacial score (nSPS) is 12.1. The van der Waals surface area contributed by atoms with E-state index in [1.54, 1.807) is 11.9 Å². The van der Waals surface area contributed by atoms with E-state index in [-0.39, 0.29) is 5.91 Å². The van der Waals surface area contributed by atoms with Gasteiger partial charge in [0.25, 0.3) is 0 Å². The summed E-state index contributed by atoms with van der Waals surface area (Å²) in [5.74, 6) is 2.10. The van der Waals surface area contributed by atoms with E-state index in [1.165, 1.54) is 0 Å². The summed E-state index contributed by atoms with van der Waals surface area (Å²) in [5, 5.41) is 0. The van der Waals surface area contributed by atoms with Gasteiger partial charge in [0, 0.05) is 0 Å². The molecular weight excluding hydrogens is 188 g/mol. The zero-order valence-electron chi connectivity index (χ0n) is 8.68. The van der Waals surface area contributed by atoms with Crippen LogP contribution in [0.2, 0.25) is 0 Å². The lowest BCUT2D eigenvalue weighted by atomic mass is 10.1. The highest BCUT2D eigenvalue weighted by molar-refractivity contribution is 5.81. The second kappa shape index (κ2) is 5.18. The lowest BCUT2D eigenvalue weighted by Crippen LogP contribution is -2.35. The molecule has 0 heterocycles. The number of hydrogen-bond acceptors (Lipinski definition) is 2. The summed E-state index contributed by atoms with van der Waals surface area (Å²) in [6.07, 6.45) is 5.20. The number of benzene rings is 1. The molecule has 15 heavy (non-hydrogen) atoms. The van der Waals surface area contributed by atoms with E-state index in [9.17, 15) is 4.79 Å². The minimum atomic E-state index is -0.456. The predicted molar refractivity (Wildman–Crippen MR) is 59.8 cm³/mol. The maximum atomic E-state index is 11.3. The summed E-state index contributed by atoms with van der Waals surface area (Å²) in [4.78, 5) is 13.1. The van der Waals surface area contributed by atoms with Gasteiger partial charge in [0.05, 0.1) is 6.54 Å². The zero-order valence-corrected chi connectivity index (χ0v) is 8.68. The Balaban J connectivity index is 2.94. The fraction of sp³-hybridized carbons (Fsp3) is 0.250. The number of terminal acetylenes is 1. The molecule has 3 nitrogen and oxygen atoms in total. The number of carbonyl (C=O) groups excluding carboxylic acids is 1. The Kier molecular flexibility index (Phi) is 3.90. The van der Waals surface area contributed by atoms with Crippen molar-refractivity contribution in [2.45, 2.75) is 6.04 Å². The van der Waals surface area contributed by atoms with Gasteiger partial charge < -0.3 is 5.73 Å². The standard InChI is InChI=1S/C12H14N2O/c1-3-9-14(2)11(12(13)15)10-7-5-4-6-8-10/h1,4-8,11H,9H2,2H3,(H2,13,15). The molecule has 1 unspecified atom stereocenters. The van der Waals surface area contributed by atoms with E-state index < -0.39 is 6.04 Å². The SMILES string of the molecule is C#CCN(C)C(C(N)=O)c1ccccc1. The van der Waals surface area contributed by atoms with Crippen molar-refractivity contribution < 1.29 is 4.79 Å². The fourth-order valence-corrected chi connectivity index (χ4v) is 1.51. The number of hydrogen-bond donors (Lipinski definition) is 1. The van der Waals surface area contributed by atoms with Gasteiger partial charge in [0.15, 0.2) is 0 Å². The summed E-state index contributed by atoms with van der Waals surface area (Å²) in [5.41, 5.74) is 6.21. The van der Waals surface area contributed by atoms with Crippen LogP contribution in [0.5, 0.6) is 0 Å². The van der Waals surface area contributed by atoms with Gasteiger partial charge in [-0.05, 0) is 12.6 Å². The molecular formula is C12H14N2O. The van der Waals surface area contributed by atoms with E-state index >= 15 is 0 Å². The topological polar surface area (TPSA) is 46.3 Å². The van der Waals surface area contributed by atoms with Gasteiger partial charge in [0.2, 0.25) is 5.91 Å². The Hall–Kier alpha value is -1.79. The first kappa shape index (κ1) is 11.3. The van der Waals surface area contributed by atoms with Crippen molar-refractivity contribution in [2.75, 3.05) is 13.6 Å². The van der Waals surface area contributed by atoms with E-state index in [2.05, 4.69) is 5.92 Å². The van der Waals surface area contributed by atoms with E-state index in [0.717, 1.165) is 5.56 Å². The lowest BCUT2D eigenvalue weighted by molar-refractivity contribution is -0.122. The molecule has 1 atom stereocenters. The largest absolute Gasteiger partial charge is 0.368 e. The van der Waals surface area contributed by atoms with Gasteiger partial charge in [-0.1, -0.05) is 36.3 Å². The molecule has 1 rings (SSSR count). The number of nitrogens with two attached hydrogens (primary N) is 1. The van der Waals surface area contributed by atoms with Crippen LogP contribution in [0.3, 0.4) is 0 Å². The van der Waals surface area contributed by atoms with Crippen LogP contribution in [-0.4, -0.2) is 24.4 Å². The smallest absolute Gasteiger partial charge is 0.239 e. The van der Waals surface area contributed by atoms with Gasteiger partial charge in [-0.25, -0.2) is 0 Å². The average molecular weight is 202 g/mol. The number of primary amides is 1. The third kappa shape index (κ3) is 2.83. The Morgan fingerprint density at radius 2 is 2.13 bits per heavy atom. The van der Waals surface area contributed by atoms with Crippen molar-refractivity contribution in [1.82, 2.24) is 4.90 Å². The van der Waals surface area contributed by atoms with Crippen LogP contribution in [0.25, 0.3) is 0 Å². The molecule has 0 saturated carbocycles. The second-order valence-electron chi connectivity index (χ2n) is 3.33. The molecule has 0 fully saturated rings. The molecule has 0 aliphatic rings. The summed E-state index contributed by atoms with van der Waals surface area (Å²) >= 11 is 0. The van der Waals surface area contributed by atoms with Crippen molar-refractivity contribution >= 4 is 5.91 Å². The van der Waals surface area contributed by atoms with Gasteiger partial charge in [-0.3, -0.25) is 9.69 Å². The fourth-order valence-electron chi connectivity index (χ4n) is 1.51. The third-order valence-corrected chi connectivity index (χ3v) is 2.17. The molecule has 2 N–H and O–H groups in total. The van der Waals surface area contributed by atoms with Gasteiger partial charge in [0.1, 0.15) is 6.04 Å². The number of nitrogens with zero attached hydrogens (tertiary/aromatic N) is 1. The monoisotopic (exact) mass is 202 g/mol. The predicted octanol–water partition coefficient (Wildman–Crippen LogP) is 0.778. The lowest BCUT2D eigenvalue weighted by Gasteiger charge is -2.23. The Morgan fingerprint density at radius 3 is 2.60 bits per heavy atom. The van der Waals surface area contributed by atoms with Crippen LogP contribution in [0, 0.1) is 12.3 Å². The number of carbonyl (C=O) groups is 1. The molecule has 0 saturated heterocycles. The van der Waals surface area contributed by atoms with Crippen LogP contribution in [0.15, 0.2) is 30.3 Å². The van der Waals surface area contributed by atoms with Crippen molar-refractivity contribution in [3.8, 4) is 12.3 Å². The Bertz CT molecular complexity index is 367. The van der Waals surface area contributed by atoms with Crippen LogP contribution < -0.4 is 5.73 Å². The van der Waals surface area contributed by atoms with Crippen molar-refractivity contribution in [3.05, 3.63) is 35.9 Å². The highest BCUT2D eigenvalue weighted by Crippen LogP contribution is 2.17. The maximum Gasteiger partial charge on any atom is 0.239 e. The van der Waals surface area contributed by atoms with Crippen LogP contribution in [0.4, 0.5) is 0 Å². The highest BCUT2D eigenvalue weighted by atomic mass is 16.1. The molecule has 1 aromatic rings. The molecule has 0 aliphatic heterocycles. The minimum absolute atomic E-state index is 0.390. The van der Waals surface area contributed by atoms with Crippen molar-refractivity contribution in [2.24, 2.45) is 5.73 Å². The van der Waals surface area contributed by atoms with Crippen LogP contribution in [-0.2, 0) is 4.79 Å². The second-order valence-corrected chi connectivity index (χ2v) is 3.33. The van der Waals surface area contributed by atoms with Gasteiger partial charge in [-0.2, -0.15) is 0 Å². The molecule has 0 aromatic heterocycles. The summed E-state index contributed by atoms with van der Waals surface area (Å²) in [7, 11) is 1.78. The summed E-state index contributed by atoms with van der Waals surface area (Å²) in [6, 6.07) is 8.90. The van der Waals surface area contributed by atoms with Crippen LogP contribution >= 0.6 is 0 Å². The van der Waals surface area contributed by atoms with E-state index in [4.69, 9.17) is 12.2 Å². The molecule has 0 aliphatic carbocycles. The first-order valence-electron chi connectivity index (χ1n) is 4.64. The van der Waals surface area contributed by atoms with E-state index in [0.29, 0.717) is 6.54 Å². The molecule has 1 amide bonds. The number of amides is 1. The van der Waals surface area contributed by atoms with Crippen LogP contribution in [0.1, 0.15) is 11.6 Å². The molecule has 78 valence electrons. The molecule has 1 aromatic carbocycles. The quantitative estimate of drug-likeness (QED) is 0.733. The van der Waals surface area contributed by atoms with Gasteiger partial charge in [-0.15, -0.1) is 6.42 Å². The summed E-state index contributed by atoms with van der Waals surface area (Å²) in [6.45, 7) is 0.391. The Morgan fingerprint density at radius 1 is 1.53 bits per heavy atom. The van der Waals surface area contributed by atoms with E-state index in [1.807, 2.05) is 30.3 Å². The Labute approximate surface area is 89.9 Å². The molecule has 3 heteroatoms. The summed E-state index contributed by atoms with van der Waals surface area (Å²) < 4.78 is 0. The maximum absolute atomic E-state index is 11.3. The van der Waals surface area contributed by atoms with Crippen molar-refractivity contribution in [3.63, 3.8) is 0 Å². The average Bonchev–Trinajstić information content (AvgIpc) is 2.19. The molecule has 0 spiro atoms. The van der Waals surface area contributed by atoms with Gasteiger partial charge >= 0.3 is 0 Å². The zero-order chi connectivity index (χ0) is 11.3. The number of likely N-dealkylation sites (N-methyl/N-ethyl adjacent to an activating group) is 1. The highest BCUT2D eigenvalue weighted by Gasteiger charge is 2.21.